The van der Waals surface area contributed by atoms with E-state index in [9.17, 15) is 4.79 Å². The van der Waals surface area contributed by atoms with E-state index in [-0.39, 0.29) is 5.91 Å². The molecular formula is C22H21NOS. The van der Waals surface area contributed by atoms with E-state index in [1.165, 1.54) is 32.4 Å². The molecule has 1 N–H and O–H groups in total. The molecule has 0 saturated heterocycles. The average Bonchev–Trinajstić information content (AvgIpc) is 3.04. The first-order valence-corrected chi connectivity index (χ1v) is 9.72. The van der Waals surface area contributed by atoms with Crippen LogP contribution in [0.3, 0.4) is 0 Å². The second-order valence-corrected chi connectivity index (χ2v) is 7.74. The minimum Gasteiger partial charge on any atom is -0.325 e. The molecule has 126 valence electrons. The molecule has 0 fully saturated rings. The Hall–Kier alpha value is -2.26. The van der Waals surface area contributed by atoms with Crippen molar-refractivity contribution in [1.82, 2.24) is 0 Å². The zero-order chi connectivity index (χ0) is 17.2. The fraction of sp³-hybridized carbons (Fsp3) is 0.227. The molecule has 0 aliphatic heterocycles. The molecule has 0 spiro atoms. The summed E-state index contributed by atoms with van der Waals surface area (Å²) in [5, 5.41) is 5.63. The number of aryl methyl sites for hydroxylation is 3. The minimum absolute atomic E-state index is 0.0818. The molecule has 0 radical (unpaired) electrons. The highest BCUT2D eigenvalue weighted by Crippen LogP contribution is 2.35. The lowest BCUT2D eigenvalue weighted by Gasteiger charge is -2.10. The first-order valence-electron chi connectivity index (χ1n) is 8.73. The molecule has 0 atom stereocenters. The molecule has 25 heavy (non-hydrogen) atoms. The van der Waals surface area contributed by atoms with Crippen molar-refractivity contribution >= 4 is 34.1 Å². The van der Waals surface area contributed by atoms with Gasteiger partial charge in [0.2, 0.25) is 5.91 Å². The lowest BCUT2D eigenvalue weighted by molar-refractivity contribution is -0.115. The predicted octanol–water partition coefficient (Wildman–Crippen LogP) is 5.37. The topological polar surface area (TPSA) is 29.1 Å². The van der Waals surface area contributed by atoms with Crippen molar-refractivity contribution in [3.63, 3.8) is 0 Å². The number of thioether (sulfide) groups is 1. The van der Waals surface area contributed by atoms with Gasteiger partial charge in [0, 0.05) is 28.1 Å². The summed E-state index contributed by atoms with van der Waals surface area (Å²) < 4.78 is 0. The van der Waals surface area contributed by atoms with Gasteiger partial charge in [-0.1, -0.05) is 42.0 Å². The zero-order valence-corrected chi connectivity index (χ0v) is 15.2. The van der Waals surface area contributed by atoms with Crippen molar-refractivity contribution in [1.29, 1.82) is 0 Å². The first-order chi connectivity index (χ1) is 12.2. The number of carbonyl (C=O) groups is 1. The third-order valence-corrected chi connectivity index (χ3v) is 5.78. The molecule has 0 bridgehead atoms. The number of benzene rings is 3. The van der Waals surface area contributed by atoms with Crippen LogP contribution in [-0.4, -0.2) is 11.7 Å². The normalized spacial score (nSPS) is 12.5. The number of nitrogens with one attached hydrogen (secondary N) is 1. The summed E-state index contributed by atoms with van der Waals surface area (Å²) in [6, 6.07) is 19.1. The summed E-state index contributed by atoms with van der Waals surface area (Å²) in [6.45, 7) is 2.08. The summed E-state index contributed by atoms with van der Waals surface area (Å²) in [6.07, 6.45) is 2.73. The van der Waals surface area contributed by atoms with Gasteiger partial charge in [-0.3, -0.25) is 4.79 Å². The molecule has 4 rings (SSSR count). The maximum absolute atomic E-state index is 12.4. The highest BCUT2D eigenvalue weighted by Gasteiger charge is 2.16. The Labute approximate surface area is 152 Å². The first kappa shape index (κ1) is 16.2. The molecule has 3 heteroatoms. The van der Waals surface area contributed by atoms with Crippen LogP contribution >= 0.6 is 11.8 Å². The quantitative estimate of drug-likeness (QED) is 0.629. The predicted molar refractivity (Wildman–Crippen MR) is 107 cm³/mol. The van der Waals surface area contributed by atoms with Gasteiger partial charge in [-0.15, -0.1) is 11.8 Å². The number of carbonyl (C=O) groups excluding carboxylic acids is 1. The Morgan fingerprint density at radius 1 is 1.00 bits per heavy atom. The summed E-state index contributed by atoms with van der Waals surface area (Å²) in [5.41, 5.74) is 5.00. The van der Waals surface area contributed by atoms with Gasteiger partial charge in [-0.25, -0.2) is 0 Å². The van der Waals surface area contributed by atoms with Crippen LogP contribution in [0.1, 0.15) is 23.1 Å². The van der Waals surface area contributed by atoms with Crippen molar-refractivity contribution in [2.45, 2.75) is 31.1 Å². The molecule has 3 aromatic rings. The van der Waals surface area contributed by atoms with Crippen molar-refractivity contribution in [3.05, 3.63) is 71.3 Å². The third kappa shape index (κ3) is 3.42. The molecule has 0 heterocycles. The van der Waals surface area contributed by atoms with Gasteiger partial charge >= 0.3 is 0 Å². The van der Waals surface area contributed by atoms with Gasteiger partial charge in [-0.05, 0) is 54.5 Å². The van der Waals surface area contributed by atoms with Crippen molar-refractivity contribution in [2.75, 3.05) is 11.1 Å². The fourth-order valence-corrected chi connectivity index (χ4v) is 4.32. The van der Waals surface area contributed by atoms with Crippen LogP contribution in [0.25, 0.3) is 10.8 Å². The van der Waals surface area contributed by atoms with Gasteiger partial charge in [-0.2, -0.15) is 0 Å². The Morgan fingerprint density at radius 3 is 2.56 bits per heavy atom. The smallest absolute Gasteiger partial charge is 0.225 e. The zero-order valence-electron chi connectivity index (χ0n) is 14.3. The second kappa shape index (κ2) is 6.93. The molecular weight excluding hydrogens is 326 g/mol. The highest BCUT2D eigenvalue weighted by molar-refractivity contribution is 7.99. The van der Waals surface area contributed by atoms with Gasteiger partial charge in [0.1, 0.15) is 0 Å². The number of hydrogen-bond acceptors (Lipinski definition) is 2. The standard InChI is InChI=1S/C22H21NOS/c1-15-5-10-18(11-6-15)25-14-13-21(24)23-20-12-9-17-8-7-16-3-2-4-19(20)22(16)17/h2-6,9-12H,7-8,13-14H2,1H3,(H,23,24). The molecule has 2 nitrogen and oxygen atoms in total. The van der Waals surface area contributed by atoms with Crippen molar-refractivity contribution < 1.29 is 4.79 Å². The van der Waals surface area contributed by atoms with E-state index in [4.69, 9.17) is 0 Å². The van der Waals surface area contributed by atoms with Crippen LogP contribution in [0.5, 0.6) is 0 Å². The molecule has 1 amide bonds. The molecule has 0 unspecified atom stereocenters. The highest BCUT2D eigenvalue weighted by atomic mass is 32.2. The summed E-state index contributed by atoms with van der Waals surface area (Å²) in [7, 11) is 0. The van der Waals surface area contributed by atoms with Gasteiger partial charge in [0.25, 0.3) is 0 Å². The largest absolute Gasteiger partial charge is 0.325 e. The summed E-state index contributed by atoms with van der Waals surface area (Å²) in [4.78, 5) is 13.6. The Kier molecular flexibility index (Phi) is 4.50. The number of rotatable bonds is 5. The number of amides is 1. The third-order valence-electron chi connectivity index (χ3n) is 4.77. The molecule has 1 aliphatic rings. The summed E-state index contributed by atoms with van der Waals surface area (Å²) >= 11 is 1.73. The SMILES string of the molecule is Cc1ccc(SCCC(=O)Nc2ccc3c4c(cccc24)CC3)cc1. The van der Waals surface area contributed by atoms with Crippen LogP contribution in [-0.2, 0) is 17.6 Å². The van der Waals surface area contributed by atoms with Gasteiger partial charge < -0.3 is 5.32 Å². The van der Waals surface area contributed by atoms with Crippen molar-refractivity contribution in [3.8, 4) is 0 Å². The van der Waals surface area contributed by atoms with E-state index in [0.717, 1.165) is 24.3 Å². The van der Waals surface area contributed by atoms with E-state index in [1.807, 2.05) is 0 Å². The Bertz CT molecular complexity index is 920. The maximum atomic E-state index is 12.4. The van der Waals surface area contributed by atoms with E-state index >= 15 is 0 Å². The maximum Gasteiger partial charge on any atom is 0.225 e. The van der Waals surface area contributed by atoms with E-state index < -0.39 is 0 Å². The van der Waals surface area contributed by atoms with Gasteiger partial charge in [0.15, 0.2) is 0 Å². The van der Waals surface area contributed by atoms with E-state index in [0.29, 0.717) is 6.42 Å². The number of hydrogen-bond donors (Lipinski definition) is 1. The van der Waals surface area contributed by atoms with Crippen LogP contribution in [0.2, 0.25) is 0 Å². The molecule has 0 aromatic heterocycles. The summed E-state index contributed by atoms with van der Waals surface area (Å²) in [5.74, 6) is 0.870. The fourth-order valence-electron chi connectivity index (χ4n) is 3.46. The lowest BCUT2D eigenvalue weighted by atomic mass is 10.0. The lowest BCUT2D eigenvalue weighted by Crippen LogP contribution is -2.12. The number of anilines is 1. The van der Waals surface area contributed by atoms with E-state index in [1.54, 1.807) is 11.8 Å². The van der Waals surface area contributed by atoms with E-state index in [2.05, 4.69) is 66.8 Å². The minimum atomic E-state index is 0.0818. The molecule has 3 aromatic carbocycles. The van der Waals surface area contributed by atoms with Gasteiger partial charge in [0.05, 0.1) is 0 Å². The van der Waals surface area contributed by atoms with Crippen molar-refractivity contribution in [2.24, 2.45) is 0 Å². The van der Waals surface area contributed by atoms with Crippen LogP contribution < -0.4 is 5.32 Å². The second-order valence-electron chi connectivity index (χ2n) is 6.57. The monoisotopic (exact) mass is 347 g/mol. The molecule has 0 saturated carbocycles. The Balaban J connectivity index is 1.41. The molecule has 1 aliphatic carbocycles. The van der Waals surface area contributed by atoms with Crippen LogP contribution in [0.15, 0.2) is 59.5 Å². The van der Waals surface area contributed by atoms with Crippen LogP contribution in [0.4, 0.5) is 5.69 Å². The Morgan fingerprint density at radius 2 is 1.76 bits per heavy atom. The van der Waals surface area contributed by atoms with Crippen LogP contribution in [0, 0.1) is 6.92 Å². The average molecular weight is 347 g/mol.